The quantitative estimate of drug-likeness (QED) is 0.746. The van der Waals surface area contributed by atoms with Gasteiger partial charge >= 0.3 is 0 Å². The molecular weight excluding hydrogens is 258 g/mol. The van der Waals surface area contributed by atoms with Gasteiger partial charge in [-0.1, -0.05) is 39.3 Å². The molecule has 1 N–H and O–H groups in total. The topological polar surface area (TPSA) is 21.3 Å². The van der Waals surface area contributed by atoms with Crippen molar-refractivity contribution in [2.45, 2.75) is 64.8 Å². The van der Waals surface area contributed by atoms with Crippen LogP contribution in [0.25, 0.3) is 0 Å². The minimum absolute atomic E-state index is 0.561. The van der Waals surface area contributed by atoms with E-state index in [-0.39, 0.29) is 0 Å². The van der Waals surface area contributed by atoms with Crippen LogP contribution < -0.4 is 10.1 Å². The lowest BCUT2D eigenvalue weighted by Crippen LogP contribution is -2.33. The second-order valence-corrected chi connectivity index (χ2v) is 6.62. The fraction of sp³-hybridized carbons (Fsp3) is 0.684. The first kappa shape index (κ1) is 16.4. The predicted octanol–water partition coefficient (Wildman–Crippen LogP) is 4.75. The highest BCUT2D eigenvalue weighted by Gasteiger charge is 2.26. The number of hydrogen-bond donors (Lipinski definition) is 1. The third kappa shape index (κ3) is 5.03. The maximum atomic E-state index is 5.98. The Labute approximate surface area is 130 Å². The smallest absolute Gasteiger partial charge is 0.119 e. The molecule has 1 aliphatic rings. The van der Waals surface area contributed by atoms with E-state index in [1.54, 1.807) is 0 Å². The van der Waals surface area contributed by atoms with Gasteiger partial charge in [0, 0.05) is 6.04 Å². The van der Waals surface area contributed by atoms with Crippen molar-refractivity contribution in [1.82, 2.24) is 5.32 Å². The second kappa shape index (κ2) is 8.43. The molecule has 1 fully saturated rings. The summed E-state index contributed by atoms with van der Waals surface area (Å²) < 4.78 is 5.98. The summed E-state index contributed by atoms with van der Waals surface area (Å²) in [6.45, 7) is 8.68. The van der Waals surface area contributed by atoms with Crippen molar-refractivity contribution in [2.24, 2.45) is 5.92 Å². The van der Waals surface area contributed by atoms with Crippen LogP contribution in [0.4, 0.5) is 0 Å². The van der Waals surface area contributed by atoms with Crippen LogP contribution in [0.15, 0.2) is 24.3 Å². The molecule has 2 unspecified atom stereocenters. The van der Waals surface area contributed by atoms with Gasteiger partial charge in [-0.05, 0) is 61.8 Å². The molecule has 0 aromatic heterocycles. The Hall–Kier alpha value is -1.02. The molecule has 0 aliphatic heterocycles. The lowest BCUT2D eigenvalue weighted by Gasteiger charge is -2.21. The molecule has 1 aromatic rings. The van der Waals surface area contributed by atoms with Crippen molar-refractivity contribution < 1.29 is 4.74 Å². The Balaban J connectivity index is 1.77. The summed E-state index contributed by atoms with van der Waals surface area (Å²) in [5.74, 6) is 2.38. The minimum atomic E-state index is 0.561. The van der Waals surface area contributed by atoms with Gasteiger partial charge in [-0.15, -0.1) is 0 Å². The Morgan fingerprint density at radius 2 is 2.14 bits per heavy atom. The molecule has 0 spiro atoms. The van der Waals surface area contributed by atoms with Crippen LogP contribution in [0.1, 0.15) is 64.4 Å². The van der Waals surface area contributed by atoms with Crippen LogP contribution in [0.2, 0.25) is 0 Å². The third-order valence-electron chi connectivity index (χ3n) is 4.60. The van der Waals surface area contributed by atoms with Crippen LogP contribution in [-0.2, 0) is 0 Å². The van der Waals surface area contributed by atoms with Crippen molar-refractivity contribution in [2.75, 3.05) is 13.2 Å². The molecule has 0 bridgehead atoms. The minimum Gasteiger partial charge on any atom is -0.494 e. The van der Waals surface area contributed by atoms with Crippen molar-refractivity contribution in [3.63, 3.8) is 0 Å². The van der Waals surface area contributed by atoms with E-state index >= 15 is 0 Å². The SMILES string of the molecule is CCCNC1CCCC1CCOc1cccc(C(C)C)c1. The molecule has 118 valence electrons. The average Bonchev–Trinajstić information content (AvgIpc) is 2.93. The molecule has 21 heavy (non-hydrogen) atoms. The first-order chi connectivity index (χ1) is 10.2. The Morgan fingerprint density at radius 3 is 2.90 bits per heavy atom. The van der Waals surface area contributed by atoms with E-state index in [1.165, 1.54) is 37.7 Å². The molecule has 1 saturated carbocycles. The van der Waals surface area contributed by atoms with Crippen LogP contribution in [0.5, 0.6) is 5.75 Å². The molecule has 0 amide bonds. The monoisotopic (exact) mass is 289 g/mol. The predicted molar refractivity (Wildman–Crippen MR) is 90.1 cm³/mol. The highest BCUT2D eigenvalue weighted by molar-refractivity contribution is 5.30. The Bertz CT molecular complexity index is 416. The molecule has 0 saturated heterocycles. The van der Waals surface area contributed by atoms with Crippen LogP contribution in [0.3, 0.4) is 0 Å². The molecule has 2 rings (SSSR count). The number of ether oxygens (including phenoxy) is 1. The molecule has 1 aromatic carbocycles. The van der Waals surface area contributed by atoms with Gasteiger partial charge in [0.15, 0.2) is 0 Å². The van der Waals surface area contributed by atoms with Gasteiger partial charge in [-0.25, -0.2) is 0 Å². The van der Waals surface area contributed by atoms with E-state index in [1.807, 2.05) is 0 Å². The molecule has 2 nitrogen and oxygen atoms in total. The van der Waals surface area contributed by atoms with E-state index in [9.17, 15) is 0 Å². The first-order valence-corrected chi connectivity index (χ1v) is 8.66. The largest absolute Gasteiger partial charge is 0.494 e. The fourth-order valence-corrected chi connectivity index (χ4v) is 3.27. The molecule has 1 aliphatic carbocycles. The zero-order valence-corrected chi connectivity index (χ0v) is 13.9. The highest BCUT2D eigenvalue weighted by atomic mass is 16.5. The normalized spacial score (nSPS) is 21.9. The summed E-state index contributed by atoms with van der Waals surface area (Å²) in [4.78, 5) is 0. The maximum absolute atomic E-state index is 5.98. The van der Waals surface area contributed by atoms with Gasteiger partial charge in [0.05, 0.1) is 6.61 Å². The lowest BCUT2D eigenvalue weighted by atomic mass is 10.00. The Morgan fingerprint density at radius 1 is 1.29 bits per heavy atom. The number of rotatable bonds is 8. The van der Waals surface area contributed by atoms with Gasteiger partial charge in [-0.2, -0.15) is 0 Å². The third-order valence-corrected chi connectivity index (χ3v) is 4.60. The summed E-state index contributed by atoms with van der Waals surface area (Å²) in [6, 6.07) is 9.26. The standard InChI is InChI=1S/C19H31NO/c1-4-12-20-19-10-6-7-16(19)11-13-21-18-9-5-8-17(14-18)15(2)3/h5,8-9,14-16,19-20H,4,6-7,10-13H2,1-3H3. The fourth-order valence-electron chi connectivity index (χ4n) is 3.27. The van der Waals surface area contributed by atoms with Crippen molar-refractivity contribution >= 4 is 0 Å². The lowest BCUT2D eigenvalue weighted by molar-refractivity contribution is 0.260. The summed E-state index contributed by atoms with van der Waals surface area (Å²) in [7, 11) is 0. The van der Waals surface area contributed by atoms with Crippen LogP contribution in [0, 0.1) is 5.92 Å². The Kier molecular flexibility index (Phi) is 6.56. The van der Waals surface area contributed by atoms with Crippen molar-refractivity contribution in [3.05, 3.63) is 29.8 Å². The van der Waals surface area contributed by atoms with E-state index in [0.717, 1.165) is 30.9 Å². The van der Waals surface area contributed by atoms with E-state index in [4.69, 9.17) is 4.74 Å². The first-order valence-electron chi connectivity index (χ1n) is 8.66. The summed E-state index contributed by atoms with van der Waals surface area (Å²) in [5, 5.41) is 3.70. The zero-order valence-electron chi connectivity index (χ0n) is 13.9. The van der Waals surface area contributed by atoms with Gasteiger partial charge in [0.2, 0.25) is 0 Å². The number of benzene rings is 1. The molecule has 0 radical (unpaired) electrons. The van der Waals surface area contributed by atoms with Gasteiger partial charge in [-0.3, -0.25) is 0 Å². The van der Waals surface area contributed by atoms with Crippen molar-refractivity contribution in [1.29, 1.82) is 0 Å². The number of hydrogen-bond acceptors (Lipinski definition) is 2. The molecule has 2 heteroatoms. The van der Waals surface area contributed by atoms with Gasteiger partial charge < -0.3 is 10.1 Å². The van der Waals surface area contributed by atoms with E-state index in [0.29, 0.717) is 5.92 Å². The maximum Gasteiger partial charge on any atom is 0.119 e. The van der Waals surface area contributed by atoms with E-state index < -0.39 is 0 Å². The van der Waals surface area contributed by atoms with Crippen molar-refractivity contribution in [3.8, 4) is 5.75 Å². The summed E-state index contributed by atoms with van der Waals surface area (Å²) >= 11 is 0. The number of nitrogens with one attached hydrogen (secondary N) is 1. The second-order valence-electron chi connectivity index (χ2n) is 6.62. The highest BCUT2D eigenvalue weighted by Crippen LogP contribution is 2.29. The summed E-state index contributed by atoms with van der Waals surface area (Å²) in [5.41, 5.74) is 1.36. The zero-order chi connectivity index (χ0) is 15.1. The van der Waals surface area contributed by atoms with Crippen LogP contribution in [-0.4, -0.2) is 19.2 Å². The molecule has 2 atom stereocenters. The van der Waals surface area contributed by atoms with Crippen LogP contribution >= 0.6 is 0 Å². The molecular formula is C19H31NO. The average molecular weight is 289 g/mol. The van der Waals surface area contributed by atoms with Gasteiger partial charge in [0.25, 0.3) is 0 Å². The van der Waals surface area contributed by atoms with E-state index in [2.05, 4.69) is 50.4 Å². The summed E-state index contributed by atoms with van der Waals surface area (Å²) in [6.07, 6.45) is 6.47. The molecule has 0 heterocycles. The van der Waals surface area contributed by atoms with Gasteiger partial charge in [0.1, 0.15) is 5.75 Å².